The molecule has 2 heterocycles. The quantitative estimate of drug-likeness (QED) is 0.403. The van der Waals surface area contributed by atoms with E-state index in [1.807, 2.05) is 30.3 Å². The van der Waals surface area contributed by atoms with E-state index in [1.165, 1.54) is 5.56 Å². The average Bonchev–Trinajstić information content (AvgIpc) is 3.24. The number of aliphatic imine (C=N–C) groups is 1. The van der Waals surface area contributed by atoms with E-state index < -0.39 is 0 Å². The van der Waals surface area contributed by atoms with Crippen LogP contribution in [0.2, 0.25) is 0 Å². The van der Waals surface area contributed by atoms with Crippen LogP contribution in [-0.4, -0.2) is 56.8 Å². The van der Waals surface area contributed by atoms with Crippen molar-refractivity contribution in [2.24, 2.45) is 4.99 Å². The van der Waals surface area contributed by atoms with E-state index in [-0.39, 0.29) is 0 Å². The number of hydrogen-bond acceptors (Lipinski definition) is 4. The van der Waals surface area contributed by atoms with E-state index in [4.69, 9.17) is 14.1 Å². The lowest BCUT2D eigenvalue weighted by Gasteiger charge is -2.26. The Morgan fingerprint density at radius 3 is 2.59 bits per heavy atom. The fraction of sp³-hybridized carbons (Fsp3) is 0.476. The van der Waals surface area contributed by atoms with Crippen LogP contribution in [0, 0.1) is 0 Å². The molecule has 0 spiro atoms. The molecule has 0 radical (unpaired) electrons. The molecule has 2 N–H and O–H groups in total. The van der Waals surface area contributed by atoms with Gasteiger partial charge in [0.2, 0.25) is 0 Å². The Kier molecular flexibility index (Phi) is 8.22. The second kappa shape index (κ2) is 11.4. The molecule has 146 valence electrons. The second-order valence-corrected chi connectivity index (χ2v) is 6.64. The molecule has 0 bridgehead atoms. The Morgan fingerprint density at radius 2 is 1.81 bits per heavy atom. The third-order valence-electron chi connectivity index (χ3n) is 4.55. The number of morpholine rings is 1. The summed E-state index contributed by atoms with van der Waals surface area (Å²) in [6, 6.07) is 14.2. The largest absolute Gasteiger partial charge is 0.469 e. The predicted octanol–water partition coefficient (Wildman–Crippen LogP) is 2.28. The van der Waals surface area contributed by atoms with Crippen molar-refractivity contribution >= 4 is 5.96 Å². The maximum Gasteiger partial charge on any atom is 0.191 e. The summed E-state index contributed by atoms with van der Waals surface area (Å²) in [6.07, 6.45) is 3.64. The number of nitrogens with zero attached hydrogens (tertiary/aromatic N) is 2. The van der Waals surface area contributed by atoms with Gasteiger partial charge in [0.15, 0.2) is 5.96 Å². The normalized spacial score (nSPS) is 15.6. The van der Waals surface area contributed by atoms with Gasteiger partial charge >= 0.3 is 0 Å². The average molecular weight is 370 g/mol. The molecule has 1 aliphatic rings. The molecule has 2 aromatic rings. The Bertz CT molecular complexity index is 652. The maximum absolute atomic E-state index is 5.40. The molecular formula is C21H30N4O2. The molecule has 27 heavy (non-hydrogen) atoms. The molecule has 0 amide bonds. The Hall–Kier alpha value is -2.31. The van der Waals surface area contributed by atoms with Crippen LogP contribution in [0.15, 0.2) is 58.1 Å². The number of rotatable bonds is 9. The molecule has 1 aliphatic heterocycles. The molecule has 0 aliphatic carbocycles. The highest BCUT2D eigenvalue weighted by molar-refractivity contribution is 5.79. The number of guanidine groups is 1. The van der Waals surface area contributed by atoms with Gasteiger partial charge in [-0.1, -0.05) is 30.3 Å². The number of benzene rings is 1. The minimum Gasteiger partial charge on any atom is -0.469 e. The summed E-state index contributed by atoms with van der Waals surface area (Å²) in [7, 11) is 0. The monoisotopic (exact) mass is 370 g/mol. The van der Waals surface area contributed by atoms with Crippen molar-refractivity contribution in [3.05, 3.63) is 60.1 Å². The fourth-order valence-corrected chi connectivity index (χ4v) is 3.02. The van der Waals surface area contributed by atoms with E-state index >= 15 is 0 Å². The first-order valence-electron chi connectivity index (χ1n) is 9.79. The van der Waals surface area contributed by atoms with Crippen LogP contribution in [-0.2, 0) is 17.7 Å². The predicted molar refractivity (Wildman–Crippen MR) is 108 cm³/mol. The summed E-state index contributed by atoms with van der Waals surface area (Å²) in [5, 5.41) is 6.87. The van der Waals surface area contributed by atoms with Gasteiger partial charge in [-0.25, -0.2) is 4.99 Å². The van der Waals surface area contributed by atoms with E-state index in [1.54, 1.807) is 6.26 Å². The summed E-state index contributed by atoms with van der Waals surface area (Å²) in [5.41, 5.74) is 1.21. The van der Waals surface area contributed by atoms with Crippen LogP contribution in [0.3, 0.4) is 0 Å². The van der Waals surface area contributed by atoms with Crippen molar-refractivity contribution in [2.45, 2.75) is 19.4 Å². The van der Waals surface area contributed by atoms with Crippen molar-refractivity contribution in [3.8, 4) is 0 Å². The minimum atomic E-state index is 0.667. The van der Waals surface area contributed by atoms with Crippen molar-refractivity contribution in [1.29, 1.82) is 0 Å². The third-order valence-corrected chi connectivity index (χ3v) is 4.55. The van der Waals surface area contributed by atoms with Gasteiger partial charge in [-0.3, -0.25) is 4.90 Å². The van der Waals surface area contributed by atoms with Gasteiger partial charge in [-0.15, -0.1) is 0 Å². The van der Waals surface area contributed by atoms with Crippen molar-refractivity contribution in [1.82, 2.24) is 15.5 Å². The first-order valence-corrected chi connectivity index (χ1v) is 9.79. The van der Waals surface area contributed by atoms with E-state index in [0.717, 1.165) is 70.5 Å². The first-order chi connectivity index (χ1) is 13.4. The molecule has 0 saturated carbocycles. The number of nitrogens with one attached hydrogen (secondary N) is 2. The van der Waals surface area contributed by atoms with Crippen LogP contribution < -0.4 is 10.6 Å². The van der Waals surface area contributed by atoms with Gasteiger partial charge in [0, 0.05) is 32.6 Å². The number of furan rings is 1. The Morgan fingerprint density at radius 1 is 1.00 bits per heavy atom. The maximum atomic E-state index is 5.40. The molecular weight excluding hydrogens is 340 g/mol. The zero-order valence-electron chi connectivity index (χ0n) is 15.9. The van der Waals surface area contributed by atoms with Crippen molar-refractivity contribution < 1.29 is 9.15 Å². The fourth-order valence-electron chi connectivity index (χ4n) is 3.02. The van der Waals surface area contributed by atoms with Gasteiger partial charge in [0.1, 0.15) is 5.76 Å². The number of ether oxygens (including phenoxy) is 1. The van der Waals surface area contributed by atoms with Crippen LogP contribution in [0.5, 0.6) is 0 Å². The molecule has 1 fully saturated rings. The molecule has 0 atom stereocenters. The number of hydrogen-bond donors (Lipinski definition) is 2. The van der Waals surface area contributed by atoms with E-state index in [0.29, 0.717) is 6.54 Å². The Labute approximate surface area is 161 Å². The lowest BCUT2D eigenvalue weighted by molar-refractivity contribution is 0.0376. The van der Waals surface area contributed by atoms with Crippen LogP contribution in [0.1, 0.15) is 17.7 Å². The lowest BCUT2D eigenvalue weighted by atomic mass is 10.2. The van der Waals surface area contributed by atoms with Gasteiger partial charge in [0.05, 0.1) is 26.0 Å². The van der Waals surface area contributed by atoms with E-state index in [2.05, 4.69) is 27.7 Å². The molecule has 6 nitrogen and oxygen atoms in total. The summed E-state index contributed by atoms with van der Waals surface area (Å²) >= 11 is 0. The summed E-state index contributed by atoms with van der Waals surface area (Å²) in [5.74, 6) is 1.84. The molecule has 1 aromatic carbocycles. The summed E-state index contributed by atoms with van der Waals surface area (Å²) in [4.78, 5) is 7.18. The second-order valence-electron chi connectivity index (χ2n) is 6.64. The standard InChI is InChI=1S/C21H30N4O2/c1-2-6-19(7-3-1)18-24-21(23-11-9-20-8-4-15-27-20)22-10-5-12-25-13-16-26-17-14-25/h1-4,6-8,15H,5,9-14,16-18H2,(H2,22,23,24). The van der Waals surface area contributed by atoms with Crippen molar-refractivity contribution in [3.63, 3.8) is 0 Å². The zero-order chi connectivity index (χ0) is 18.6. The smallest absolute Gasteiger partial charge is 0.191 e. The van der Waals surface area contributed by atoms with E-state index in [9.17, 15) is 0 Å². The summed E-state index contributed by atoms with van der Waals surface area (Å²) < 4.78 is 10.8. The third kappa shape index (κ3) is 7.45. The molecule has 1 saturated heterocycles. The van der Waals surface area contributed by atoms with Crippen LogP contribution in [0.25, 0.3) is 0 Å². The highest BCUT2D eigenvalue weighted by Crippen LogP contribution is 2.02. The minimum absolute atomic E-state index is 0.667. The lowest BCUT2D eigenvalue weighted by Crippen LogP contribution is -2.41. The van der Waals surface area contributed by atoms with Gasteiger partial charge in [-0.05, 0) is 30.7 Å². The molecule has 1 aromatic heterocycles. The van der Waals surface area contributed by atoms with Gasteiger partial charge in [0.25, 0.3) is 0 Å². The van der Waals surface area contributed by atoms with Gasteiger partial charge < -0.3 is 19.8 Å². The van der Waals surface area contributed by atoms with Crippen LogP contribution in [0.4, 0.5) is 0 Å². The van der Waals surface area contributed by atoms with Crippen LogP contribution >= 0.6 is 0 Å². The molecule has 3 rings (SSSR count). The van der Waals surface area contributed by atoms with Crippen molar-refractivity contribution in [2.75, 3.05) is 45.9 Å². The van der Waals surface area contributed by atoms with Gasteiger partial charge in [-0.2, -0.15) is 0 Å². The SMILES string of the molecule is c1ccc(CN=C(NCCCN2CCOCC2)NCCc2ccco2)cc1. The summed E-state index contributed by atoms with van der Waals surface area (Å²) in [6.45, 7) is 7.23. The zero-order valence-corrected chi connectivity index (χ0v) is 15.9. The first kappa shape index (κ1) is 19.5. The highest BCUT2D eigenvalue weighted by Gasteiger charge is 2.09. The highest BCUT2D eigenvalue weighted by atomic mass is 16.5. The molecule has 0 unspecified atom stereocenters. The molecule has 6 heteroatoms. The Balaban J connectivity index is 1.43. The topological polar surface area (TPSA) is 62.0 Å².